The van der Waals surface area contributed by atoms with E-state index in [0.29, 0.717) is 36.6 Å². The highest BCUT2D eigenvalue weighted by Crippen LogP contribution is 2.47. The number of urea groups is 1. The first-order valence-corrected chi connectivity index (χ1v) is 9.85. The number of hydrogen-bond donors (Lipinski definition) is 1. The van der Waals surface area contributed by atoms with Crippen molar-refractivity contribution in [2.45, 2.75) is 32.7 Å². The van der Waals surface area contributed by atoms with E-state index in [1.165, 1.54) is 0 Å². The molecular formula is C21H27N5O3. The van der Waals surface area contributed by atoms with E-state index >= 15 is 0 Å². The molecule has 0 radical (unpaired) electrons. The van der Waals surface area contributed by atoms with Crippen LogP contribution in [-0.4, -0.2) is 46.6 Å². The van der Waals surface area contributed by atoms with Crippen molar-refractivity contribution < 1.29 is 14.3 Å². The van der Waals surface area contributed by atoms with Crippen LogP contribution in [0, 0.1) is 5.41 Å². The summed E-state index contributed by atoms with van der Waals surface area (Å²) in [5.74, 6) is 1.56. The number of amides is 3. The van der Waals surface area contributed by atoms with Crippen LogP contribution < -0.4 is 15.0 Å². The molecule has 0 spiro atoms. The van der Waals surface area contributed by atoms with E-state index in [1.807, 2.05) is 17.8 Å². The van der Waals surface area contributed by atoms with Crippen molar-refractivity contribution >= 4 is 23.3 Å². The number of likely N-dealkylation sites (tertiary alicyclic amines) is 1. The number of imidazole rings is 1. The monoisotopic (exact) mass is 397 g/mol. The van der Waals surface area contributed by atoms with Gasteiger partial charge in [0.05, 0.1) is 18.8 Å². The summed E-state index contributed by atoms with van der Waals surface area (Å²) >= 11 is 0. The fourth-order valence-corrected chi connectivity index (χ4v) is 4.32. The Bertz CT molecular complexity index is 952. The fourth-order valence-electron chi connectivity index (χ4n) is 4.32. The number of ether oxygens (including phenoxy) is 1. The highest BCUT2D eigenvalue weighted by atomic mass is 16.5. The first-order chi connectivity index (χ1) is 13.8. The lowest BCUT2D eigenvalue weighted by atomic mass is 9.74. The van der Waals surface area contributed by atoms with Crippen LogP contribution >= 0.6 is 0 Å². The van der Waals surface area contributed by atoms with Crippen LogP contribution in [0.25, 0.3) is 0 Å². The lowest BCUT2D eigenvalue weighted by Crippen LogP contribution is -2.59. The summed E-state index contributed by atoms with van der Waals surface area (Å²) in [7, 11) is 3.52. The minimum Gasteiger partial charge on any atom is -0.495 e. The summed E-state index contributed by atoms with van der Waals surface area (Å²) in [6.07, 6.45) is 5.01. The van der Waals surface area contributed by atoms with E-state index in [0.717, 1.165) is 12.2 Å². The number of benzene rings is 1. The van der Waals surface area contributed by atoms with Gasteiger partial charge in [-0.3, -0.25) is 4.79 Å². The van der Waals surface area contributed by atoms with Crippen molar-refractivity contribution in [2.24, 2.45) is 12.5 Å². The molecule has 8 heteroatoms. The second kappa shape index (κ2) is 7.09. The third-order valence-corrected chi connectivity index (χ3v) is 5.79. The molecule has 8 nitrogen and oxygen atoms in total. The molecule has 1 aromatic carbocycles. The van der Waals surface area contributed by atoms with Crippen LogP contribution in [0.2, 0.25) is 0 Å². The minimum absolute atomic E-state index is 0.0521. The number of aryl methyl sites for hydroxylation is 1. The quantitative estimate of drug-likeness (QED) is 0.859. The van der Waals surface area contributed by atoms with Gasteiger partial charge in [0.15, 0.2) is 0 Å². The van der Waals surface area contributed by atoms with Gasteiger partial charge < -0.3 is 24.4 Å². The van der Waals surface area contributed by atoms with Gasteiger partial charge in [0.25, 0.3) is 0 Å². The Morgan fingerprint density at radius 2 is 2.14 bits per heavy atom. The molecule has 2 aliphatic heterocycles. The van der Waals surface area contributed by atoms with E-state index in [1.54, 1.807) is 41.3 Å². The molecule has 1 atom stereocenters. The lowest BCUT2D eigenvalue weighted by molar-refractivity contribution is -0.117. The largest absolute Gasteiger partial charge is 0.495 e. The molecule has 29 heavy (non-hydrogen) atoms. The SMILES string of the molecule is COc1ccc(NC(=O)N2CC(C)(C)C2c2nccn2C)cc1N1CCCC1=O. The number of nitrogens with one attached hydrogen (secondary N) is 1. The molecule has 3 amide bonds. The zero-order chi connectivity index (χ0) is 20.8. The van der Waals surface area contributed by atoms with E-state index in [-0.39, 0.29) is 23.4 Å². The summed E-state index contributed by atoms with van der Waals surface area (Å²) in [5, 5.41) is 2.98. The zero-order valence-corrected chi connectivity index (χ0v) is 17.3. The van der Waals surface area contributed by atoms with Gasteiger partial charge in [0.1, 0.15) is 11.6 Å². The van der Waals surface area contributed by atoms with E-state index in [9.17, 15) is 9.59 Å². The molecule has 2 fully saturated rings. The minimum atomic E-state index is -0.179. The Morgan fingerprint density at radius 1 is 1.34 bits per heavy atom. The van der Waals surface area contributed by atoms with E-state index < -0.39 is 0 Å². The highest BCUT2D eigenvalue weighted by Gasteiger charge is 2.50. The summed E-state index contributed by atoms with van der Waals surface area (Å²) in [6.45, 7) is 5.58. The highest BCUT2D eigenvalue weighted by molar-refractivity contribution is 5.98. The van der Waals surface area contributed by atoms with Gasteiger partial charge in [-0.15, -0.1) is 0 Å². The molecule has 2 aliphatic rings. The number of hydrogen-bond acceptors (Lipinski definition) is 4. The molecule has 1 N–H and O–H groups in total. The second-order valence-electron chi connectivity index (χ2n) is 8.38. The van der Waals surface area contributed by atoms with Gasteiger partial charge in [-0.1, -0.05) is 13.8 Å². The van der Waals surface area contributed by atoms with E-state index in [4.69, 9.17) is 4.74 Å². The molecule has 1 aromatic heterocycles. The molecule has 0 aliphatic carbocycles. The van der Waals surface area contributed by atoms with Crippen LogP contribution in [0.3, 0.4) is 0 Å². The van der Waals surface area contributed by atoms with Gasteiger partial charge in [-0.05, 0) is 24.6 Å². The summed E-state index contributed by atoms with van der Waals surface area (Å²) in [6, 6.07) is 5.11. The predicted molar refractivity (Wildman–Crippen MR) is 110 cm³/mol. The van der Waals surface area contributed by atoms with Gasteiger partial charge in [-0.25, -0.2) is 9.78 Å². The number of rotatable bonds is 4. The smallest absolute Gasteiger partial charge is 0.322 e. The Labute approximate surface area is 170 Å². The number of methoxy groups -OCH3 is 1. The summed E-state index contributed by atoms with van der Waals surface area (Å²) < 4.78 is 7.38. The average molecular weight is 397 g/mol. The Kier molecular flexibility index (Phi) is 4.72. The lowest BCUT2D eigenvalue weighted by Gasteiger charge is -2.53. The number of carbonyl (C=O) groups excluding carboxylic acids is 2. The van der Waals surface area contributed by atoms with Gasteiger partial charge in [0, 0.05) is 50.1 Å². The molecule has 2 saturated heterocycles. The summed E-state index contributed by atoms with van der Waals surface area (Å²) in [5.41, 5.74) is 1.27. The second-order valence-corrected chi connectivity index (χ2v) is 8.38. The average Bonchev–Trinajstić information content (AvgIpc) is 3.28. The van der Waals surface area contributed by atoms with Crippen molar-refractivity contribution in [3.05, 3.63) is 36.4 Å². The maximum Gasteiger partial charge on any atom is 0.322 e. The van der Waals surface area contributed by atoms with Crippen LogP contribution in [0.5, 0.6) is 5.75 Å². The number of anilines is 2. The molecular weight excluding hydrogens is 370 g/mol. The topological polar surface area (TPSA) is 79.7 Å². The Balaban J connectivity index is 1.56. The molecule has 3 heterocycles. The summed E-state index contributed by atoms with van der Waals surface area (Å²) in [4.78, 5) is 33.2. The first kappa shape index (κ1) is 19.3. The van der Waals surface area contributed by atoms with Crippen LogP contribution in [0.15, 0.2) is 30.6 Å². The van der Waals surface area contributed by atoms with Crippen LogP contribution in [0.1, 0.15) is 38.6 Å². The van der Waals surface area contributed by atoms with Crippen molar-refractivity contribution in [1.29, 1.82) is 0 Å². The Hall–Kier alpha value is -3.03. The maximum atomic E-state index is 13.0. The predicted octanol–water partition coefficient (Wildman–Crippen LogP) is 3.17. The first-order valence-electron chi connectivity index (χ1n) is 9.85. The van der Waals surface area contributed by atoms with Gasteiger partial charge in [0.2, 0.25) is 5.91 Å². The van der Waals surface area contributed by atoms with Crippen molar-refractivity contribution in [2.75, 3.05) is 30.4 Å². The van der Waals surface area contributed by atoms with Crippen molar-refractivity contribution in [3.63, 3.8) is 0 Å². The molecule has 4 rings (SSSR count). The van der Waals surface area contributed by atoms with Gasteiger partial charge in [-0.2, -0.15) is 0 Å². The molecule has 0 saturated carbocycles. The molecule has 1 unspecified atom stereocenters. The third kappa shape index (κ3) is 3.32. The van der Waals surface area contributed by atoms with Crippen molar-refractivity contribution in [1.82, 2.24) is 14.5 Å². The van der Waals surface area contributed by atoms with Gasteiger partial charge >= 0.3 is 6.03 Å². The normalized spacial score (nSPS) is 20.6. The third-order valence-electron chi connectivity index (χ3n) is 5.79. The standard InChI is InChI=1S/C21H27N5O3/c1-21(2)13-26(18(21)19-22-9-11-24(19)3)20(28)23-14-7-8-16(29-4)15(12-14)25-10-5-6-17(25)27/h7-9,11-12,18H,5-6,10,13H2,1-4H3,(H,23,28). The zero-order valence-electron chi connectivity index (χ0n) is 17.3. The van der Waals surface area contributed by atoms with Crippen molar-refractivity contribution in [3.8, 4) is 5.75 Å². The maximum absolute atomic E-state index is 13.0. The molecule has 0 bridgehead atoms. The van der Waals surface area contributed by atoms with E-state index in [2.05, 4.69) is 24.1 Å². The number of carbonyl (C=O) groups is 2. The number of aromatic nitrogens is 2. The fraction of sp³-hybridized carbons (Fsp3) is 0.476. The Morgan fingerprint density at radius 3 is 2.72 bits per heavy atom. The molecule has 154 valence electrons. The number of nitrogens with zero attached hydrogens (tertiary/aromatic N) is 4. The van der Waals surface area contributed by atoms with Crippen LogP contribution in [-0.2, 0) is 11.8 Å². The molecule has 2 aromatic rings. The van der Waals surface area contributed by atoms with Crippen LogP contribution in [0.4, 0.5) is 16.2 Å².